The minimum Gasteiger partial charge on any atom is -0.467 e. The Morgan fingerprint density at radius 1 is 1.04 bits per heavy atom. The number of furan rings is 1. The Morgan fingerprint density at radius 2 is 1.61 bits per heavy atom. The van der Waals surface area contributed by atoms with Crippen molar-refractivity contribution in [2.75, 3.05) is 5.32 Å². The minimum absolute atomic E-state index is 0.225. The number of esters is 2. The summed E-state index contributed by atoms with van der Waals surface area (Å²) < 4.78 is 15.7. The second-order valence-corrected chi connectivity index (χ2v) is 7.00. The fourth-order valence-corrected chi connectivity index (χ4v) is 2.45. The molecule has 28 heavy (non-hydrogen) atoms. The minimum atomic E-state index is -0.535. The number of ether oxygens (including phenoxy) is 2. The molecule has 8 heteroatoms. The van der Waals surface area contributed by atoms with Gasteiger partial charge in [0.2, 0.25) is 0 Å². The third-order valence-corrected chi connectivity index (χ3v) is 3.60. The number of rotatable bonds is 7. The van der Waals surface area contributed by atoms with Gasteiger partial charge in [0.1, 0.15) is 5.76 Å². The lowest BCUT2D eigenvalue weighted by atomic mass is 10.1. The molecule has 0 saturated heterocycles. The first-order chi connectivity index (χ1) is 13.2. The predicted octanol–water partition coefficient (Wildman–Crippen LogP) is 3.90. The number of thiocarbonyl (C=S) groups is 1. The summed E-state index contributed by atoms with van der Waals surface area (Å²) in [6.45, 7) is 7.41. The summed E-state index contributed by atoms with van der Waals surface area (Å²) in [5.74, 6) is -0.349. The topological polar surface area (TPSA) is 89.8 Å². The molecule has 2 aromatic rings. The molecule has 2 N–H and O–H groups in total. The van der Waals surface area contributed by atoms with Crippen LogP contribution in [0.4, 0.5) is 5.69 Å². The zero-order chi connectivity index (χ0) is 20.7. The number of anilines is 1. The quantitative estimate of drug-likeness (QED) is 0.531. The van der Waals surface area contributed by atoms with Crippen LogP contribution in [-0.4, -0.2) is 29.3 Å². The van der Waals surface area contributed by atoms with Gasteiger partial charge in [0, 0.05) is 5.69 Å². The normalized spacial score (nSPS) is 10.6. The molecule has 0 spiro atoms. The zero-order valence-corrected chi connectivity index (χ0v) is 17.1. The van der Waals surface area contributed by atoms with Gasteiger partial charge in [0.25, 0.3) is 0 Å². The number of carbonyl (C=O) groups excluding carboxylic acids is 2. The first kappa shape index (κ1) is 21.4. The van der Waals surface area contributed by atoms with Gasteiger partial charge in [-0.1, -0.05) is 0 Å². The van der Waals surface area contributed by atoms with E-state index in [0.29, 0.717) is 17.3 Å². The summed E-state index contributed by atoms with van der Waals surface area (Å²) in [5, 5.41) is 6.27. The first-order valence-electron chi connectivity index (χ1n) is 8.89. The van der Waals surface area contributed by atoms with Crippen LogP contribution in [0, 0.1) is 0 Å². The lowest BCUT2D eigenvalue weighted by molar-refractivity contribution is 0.0377. The fraction of sp³-hybridized carbons (Fsp3) is 0.350. The summed E-state index contributed by atoms with van der Waals surface area (Å²) in [6.07, 6.45) is 1.00. The summed E-state index contributed by atoms with van der Waals surface area (Å²) >= 11 is 5.27. The molecule has 1 aromatic carbocycles. The Kier molecular flexibility index (Phi) is 7.57. The van der Waals surface area contributed by atoms with Crippen LogP contribution in [0.3, 0.4) is 0 Å². The van der Waals surface area contributed by atoms with E-state index in [-0.39, 0.29) is 23.3 Å². The predicted molar refractivity (Wildman–Crippen MR) is 109 cm³/mol. The maximum atomic E-state index is 12.3. The van der Waals surface area contributed by atoms with Gasteiger partial charge in [0.15, 0.2) is 5.11 Å². The lowest BCUT2D eigenvalue weighted by Gasteiger charge is -2.14. The van der Waals surface area contributed by atoms with Gasteiger partial charge in [0.05, 0.1) is 36.1 Å². The summed E-state index contributed by atoms with van der Waals surface area (Å²) in [5.41, 5.74) is 0.914. The van der Waals surface area contributed by atoms with E-state index in [9.17, 15) is 9.59 Å². The van der Waals surface area contributed by atoms with Crippen molar-refractivity contribution in [2.45, 2.75) is 46.4 Å². The molecule has 0 atom stereocenters. The van der Waals surface area contributed by atoms with Crippen molar-refractivity contribution >= 4 is 35.0 Å². The van der Waals surface area contributed by atoms with Crippen molar-refractivity contribution in [1.82, 2.24) is 5.32 Å². The average molecular weight is 404 g/mol. The fourth-order valence-electron chi connectivity index (χ4n) is 2.26. The molecule has 0 aliphatic carbocycles. The molecule has 1 heterocycles. The van der Waals surface area contributed by atoms with Gasteiger partial charge < -0.3 is 24.5 Å². The van der Waals surface area contributed by atoms with Crippen molar-refractivity contribution in [1.29, 1.82) is 0 Å². The Labute approximate surface area is 169 Å². The van der Waals surface area contributed by atoms with Crippen LogP contribution in [0.5, 0.6) is 0 Å². The van der Waals surface area contributed by atoms with Crippen molar-refractivity contribution in [3.63, 3.8) is 0 Å². The summed E-state index contributed by atoms with van der Waals surface area (Å²) in [6, 6.07) is 8.18. The van der Waals surface area contributed by atoms with E-state index in [4.69, 9.17) is 26.1 Å². The van der Waals surface area contributed by atoms with E-state index in [1.165, 1.54) is 6.07 Å². The standard InChI is InChI=1S/C20H24N2O5S/c1-12(2)26-18(23)14-8-15(19(24)27-13(3)4)10-16(9-14)22-20(28)21-11-17-6-5-7-25-17/h5-10,12-13H,11H2,1-4H3,(H2,21,22,28). The highest BCUT2D eigenvalue weighted by atomic mass is 32.1. The zero-order valence-electron chi connectivity index (χ0n) is 16.3. The molecule has 2 rings (SSSR count). The third-order valence-electron chi connectivity index (χ3n) is 3.35. The second kappa shape index (κ2) is 9.89. The molecule has 0 unspecified atom stereocenters. The highest BCUT2D eigenvalue weighted by molar-refractivity contribution is 7.80. The molecule has 0 aliphatic rings. The average Bonchev–Trinajstić information content (AvgIpc) is 3.12. The molecule has 1 aromatic heterocycles. The Morgan fingerprint density at radius 3 is 2.07 bits per heavy atom. The number of hydrogen-bond donors (Lipinski definition) is 2. The van der Waals surface area contributed by atoms with E-state index in [0.717, 1.165) is 5.76 Å². The second-order valence-electron chi connectivity index (χ2n) is 6.59. The number of nitrogens with one attached hydrogen (secondary N) is 2. The van der Waals surface area contributed by atoms with Crippen LogP contribution >= 0.6 is 12.2 Å². The number of benzene rings is 1. The molecule has 0 radical (unpaired) electrons. The van der Waals surface area contributed by atoms with Crippen LogP contribution in [0.1, 0.15) is 54.2 Å². The Bertz CT molecular complexity index is 791. The van der Waals surface area contributed by atoms with E-state index in [2.05, 4.69) is 10.6 Å². The highest BCUT2D eigenvalue weighted by Crippen LogP contribution is 2.18. The van der Waals surface area contributed by atoms with Crippen molar-refractivity contribution in [3.05, 3.63) is 53.5 Å². The van der Waals surface area contributed by atoms with Crippen LogP contribution in [-0.2, 0) is 16.0 Å². The molecule has 0 bridgehead atoms. The van der Waals surface area contributed by atoms with Gasteiger partial charge in [-0.3, -0.25) is 0 Å². The van der Waals surface area contributed by atoms with E-state index < -0.39 is 11.9 Å². The molecule has 0 saturated carbocycles. The molecule has 0 amide bonds. The van der Waals surface area contributed by atoms with Gasteiger partial charge in [-0.2, -0.15) is 0 Å². The maximum Gasteiger partial charge on any atom is 0.338 e. The first-order valence-corrected chi connectivity index (χ1v) is 9.29. The van der Waals surface area contributed by atoms with Gasteiger partial charge in [-0.05, 0) is 70.2 Å². The van der Waals surface area contributed by atoms with Crippen LogP contribution in [0.25, 0.3) is 0 Å². The smallest absolute Gasteiger partial charge is 0.338 e. The SMILES string of the molecule is CC(C)OC(=O)c1cc(NC(=S)NCc2ccco2)cc(C(=O)OC(C)C)c1. The van der Waals surface area contributed by atoms with Crippen LogP contribution < -0.4 is 10.6 Å². The Hall–Kier alpha value is -2.87. The molecular formula is C20H24N2O5S. The Balaban J connectivity index is 2.19. The van der Waals surface area contributed by atoms with E-state index >= 15 is 0 Å². The van der Waals surface area contributed by atoms with Crippen molar-refractivity contribution < 1.29 is 23.5 Å². The van der Waals surface area contributed by atoms with Crippen molar-refractivity contribution in [2.24, 2.45) is 0 Å². The van der Waals surface area contributed by atoms with Gasteiger partial charge in [-0.15, -0.1) is 0 Å². The third kappa shape index (κ3) is 6.70. The number of hydrogen-bond acceptors (Lipinski definition) is 6. The monoisotopic (exact) mass is 404 g/mol. The maximum absolute atomic E-state index is 12.3. The van der Waals surface area contributed by atoms with Gasteiger partial charge >= 0.3 is 11.9 Å². The largest absolute Gasteiger partial charge is 0.467 e. The molecular weight excluding hydrogens is 380 g/mol. The summed E-state index contributed by atoms with van der Waals surface area (Å²) in [7, 11) is 0. The lowest BCUT2D eigenvalue weighted by Crippen LogP contribution is -2.28. The molecule has 7 nitrogen and oxygen atoms in total. The van der Waals surface area contributed by atoms with E-state index in [1.54, 1.807) is 52.2 Å². The molecule has 150 valence electrons. The molecule has 0 aliphatic heterocycles. The highest BCUT2D eigenvalue weighted by Gasteiger charge is 2.17. The van der Waals surface area contributed by atoms with Crippen LogP contribution in [0.15, 0.2) is 41.0 Å². The van der Waals surface area contributed by atoms with Crippen LogP contribution in [0.2, 0.25) is 0 Å². The number of carbonyl (C=O) groups is 2. The van der Waals surface area contributed by atoms with Gasteiger partial charge in [-0.25, -0.2) is 9.59 Å². The van der Waals surface area contributed by atoms with Crippen molar-refractivity contribution in [3.8, 4) is 0 Å². The molecule has 0 fully saturated rings. The van der Waals surface area contributed by atoms with E-state index in [1.807, 2.05) is 6.07 Å². The summed E-state index contributed by atoms with van der Waals surface area (Å²) in [4.78, 5) is 24.6.